The van der Waals surface area contributed by atoms with Crippen molar-refractivity contribution in [3.05, 3.63) is 65.7 Å². The second kappa shape index (κ2) is 27.6. The number of nitrogens with one attached hydrogen (secondary N) is 6. The molecule has 2 aromatic carbocycles. The minimum atomic E-state index is -1.27. The van der Waals surface area contributed by atoms with Gasteiger partial charge in [0, 0.05) is 39.0 Å². The standard InChI is InChI=1S/C60H86N10O11/c1-9-37(8)50-56(77)62-42(32-38-17-11-10-12-18-38)51(72)64-48(35(4)5)55(76)63-43(31-34(2)3)57(78)69-29-15-21-46(69)58(79)67-27-13-19-44(67)53(74)61-41(33-39-23-25-40(71)26-24-39)52(73)65-49(36(6)7)60(81)70-30-16-22-47(70)59(80)68-28-14-20-45(68)54(75)66-50/h10-12,17-18,23-26,34-37,41-50,71H,9,13-16,19-22,27-33H2,1-8H3,(H,61,74)(H,62,77)(H,63,76)(H,64,72)(H,65,73)(H,66,75)/t37-,41-,42-,43-,44-,45-,46-,47-,48-,49-,50-/m0/s1. The summed E-state index contributed by atoms with van der Waals surface area (Å²) in [6.45, 7) is 15.3. The van der Waals surface area contributed by atoms with Crippen molar-refractivity contribution in [2.24, 2.45) is 23.7 Å². The number of nitrogens with zero attached hydrogens (tertiary/aromatic N) is 4. The van der Waals surface area contributed by atoms with Crippen LogP contribution >= 0.6 is 0 Å². The van der Waals surface area contributed by atoms with Crippen molar-refractivity contribution in [2.75, 3.05) is 26.2 Å². The van der Waals surface area contributed by atoms with E-state index in [1.54, 1.807) is 71.0 Å². The molecule has 7 N–H and O–H groups in total. The molecular weight excluding hydrogens is 1040 g/mol. The monoisotopic (exact) mass is 1120 g/mol. The molecule has 2 aromatic rings. The zero-order valence-electron chi connectivity index (χ0n) is 48.4. The van der Waals surface area contributed by atoms with Crippen LogP contribution in [0.25, 0.3) is 0 Å². The van der Waals surface area contributed by atoms with Crippen molar-refractivity contribution in [3.63, 3.8) is 0 Å². The van der Waals surface area contributed by atoms with Gasteiger partial charge in [-0.1, -0.05) is 104 Å². The number of rotatable bonds is 10. The second-order valence-electron chi connectivity index (χ2n) is 24.0. The maximum Gasteiger partial charge on any atom is 0.246 e. The van der Waals surface area contributed by atoms with E-state index < -0.39 is 137 Å². The number of carbonyl (C=O) groups is 10. The highest BCUT2D eigenvalue weighted by Gasteiger charge is 2.48. The number of phenols is 1. The minimum Gasteiger partial charge on any atom is -0.508 e. The first-order valence-electron chi connectivity index (χ1n) is 29.4. The van der Waals surface area contributed by atoms with Gasteiger partial charge in [0.05, 0.1) is 0 Å². The van der Waals surface area contributed by atoms with Gasteiger partial charge in [-0.25, -0.2) is 0 Å². The Labute approximate surface area is 476 Å². The number of hydrogen-bond donors (Lipinski definition) is 7. The number of carbonyl (C=O) groups excluding carboxylic acids is 10. The molecule has 5 aliphatic heterocycles. The van der Waals surface area contributed by atoms with Crippen LogP contribution in [0.5, 0.6) is 5.75 Å². The van der Waals surface area contributed by atoms with Gasteiger partial charge < -0.3 is 56.6 Å². The molecule has 5 aliphatic rings. The first kappa shape index (κ1) is 61.6. The third-order valence-electron chi connectivity index (χ3n) is 16.8. The van der Waals surface area contributed by atoms with Gasteiger partial charge in [0.15, 0.2) is 0 Å². The number of benzene rings is 2. The largest absolute Gasteiger partial charge is 0.508 e. The van der Waals surface area contributed by atoms with Crippen LogP contribution in [0.1, 0.15) is 131 Å². The summed E-state index contributed by atoms with van der Waals surface area (Å²) in [5.41, 5.74) is 1.29. The number of amides is 10. The highest BCUT2D eigenvalue weighted by Crippen LogP contribution is 2.29. The topological polar surface area (TPSA) is 276 Å². The molecule has 21 heteroatoms. The van der Waals surface area contributed by atoms with Crippen LogP contribution in [0.15, 0.2) is 54.6 Å². The van der Waals surface area contributed by atoms with E-state index in [1.165, 1.54) is 31.7 Å². The smallest absolute Gasteiger partial charge is 0.246 e. The Hall–Kier alpha value is -7.06. The molecule has 5 fully saturated rings. The van der Waals surface area contributed by atoms with Crippen LogP contribution < -0.4 is 31.9 Å². The number of phenolic OH excluding ortho intramolecular Hbond substituents is 1. The first-order valence-corrected chi connectivity index (χ1v) is 29.4. The fraction of sp³-hybridized carbons (Fsp3) is 0.633. The van der Waals surface area contributed by atoms with E-state index >= 15 is 0 Å². The van der Waals surface area contributed by atoms with Gasteiger partial charge >= 0.3 is 0 Å². The number of hydrogen-bond acceptors (Lipinski definition) is 11. The molecule has 0 bridgehead atoms. The number of fused-ring (bicyclic) bond motifs is 4. The predicted octanol–water partition coefficient (Wildman–Crippen LogP) is 2.47. The van der Waals surface area contributed by atoms with Gasteiger partial charge in [-0.3, -0.25) is 47.9 Å². The zero-order chi connectivity index (χ0) is 58.8. The highest BCUT2D eigenvalue weighted by atomic mass is 16.3. The van der Waals surface area contributed by atoms with E-state index in [1.807, 2.05) is 26.8 Å². The molecule has 5 heterocycles. The molecule has 0 saturated carbocycles. The summed E-state index contributed by atoms with van der Waals surface area (Å²) < 4.78 is 0. The molecule has 0 aromatic heterocycles. The molecule has 11 atom stereocenters. The summed E-state index contributed by atoms with van der Waals surface area (Å²) in [6.07, 6.45) is 3.68. The van der Waals surface area contributed by atoms with E-state index in [9.17, 15) is 53.1 Å². The van der Waals surface area contributed by atoms with Crippen molar-refractivity contribution >= 4 is 59.1 Å². The summed E-state index contributed by atoms with van der Waals surface area (Å²) in [4.78, 5) is 153. The SMILES string of the molecule is CC[C@H](C)[C@@H]1NC(=O)[C@@H]2CCCN2C(=O)[C@@H]2CCCN2C(=O)[C@H](C(C)C)NC(=O)[C@H](Cc2ccc(O)cc2)NC(=O)[C@@H]2CCCN2C(=O)[C@@H]2CCCN2C(=O)[C@H](CC(C)C)NC(=O)[C@H](C(C)C)NC(=O)[C@H](Cc2ccccc2)NC1=O. The van der Waals surface area contributed by atoms with Crippen molar-refractivity contribution < 1.29 is 53.1 Å². The van der Waals surface area contributed by atoms with E-state index in [4.69, 9.17) is 0 Å². The Kier molecular flexibility index (Phi) is 21.0. The minimum absolute atomic E-state index is 0.00823. The summed E-state index contributed by atoms with van der Waals surface area (Å²) in [5, 5.41) is 27.5. The summed E-state index contributed by atoms with van der Waals surface area (Å²) in [5.74, 6) is -7.25. The van der Waals surface area contributed by atoms with Crippen LogP contribution in [0.2, 0.25) is 0 Å². The number of aromatic hydroxyl groups is 1. The maximum absolute atomic E-state index is 14.8. The molecule has 0 aliphatic carbocycles. The van der Waals surface area contributed by atoms with Gasteiger partial charge in [-0.05, 0) is 105 Å². The fourth-order valence-electron chi connectivity index (χ4n) is 12.1. The average molecular weight is 1120 g/mol. The lowest BCUT2D eigenvalue weighted by Crippen LogP contribution is -2.62. The second-order valence-corrected chi connectivity index (χ2v) is 24.0. The Morgan fingerprint density at radius 1 is 0.432 bits per heavy atom. The van der Waals surface area contributed by atoms with Crippen LogP contribution in [0.4, 0.5) is 0 Å². The molecule has 0 radical (unpaired) electrons. The lowest BCUT2D eigenvalue weighted by molar-refractivity contribution is -0.149. The van der Waals surface area contributed by atoms with Gasteiger partial charge in [0.25, 0.3) is 0 Å². The molecule has 21 nitrogen and oxygen atoms in total. The van der Waals surface area contributed by atoms with Crippen molar-refractivity contribution in [3.8, 4) is 5.75 Å². The molecule has 0 spiro atoms. The zero-order valence-corrected chi connectivity index (χ0v) is 48.4. The lowest BCUT2D eigenvalue weighted by Gasteiger charge is -2.35. The third-order valence-corrected chi connectivity index (χ3v) is 16.8. The molecule has 0 unspecified atom stereocenters. The van der Waals surface area contributed by atoms with Gasteiger partial charge in [-0.15, -0.1) is 0 Å². The van der Waals surface area contributed by atoms with E-state index in [0.717, 1.165) is 0 Å². The van der Waals surface area contributed by atoms with Gasteiger partial charge in [-0.2, -0.15) is 0 Å². The summed E-state index contributed by atoms with van der Waals surface area (Å²) >= 11 is 0. The van der Waals surface area contributed by atoms with Crippen molar-refractivity contribution in [1.82, 2.24) is 51.5 Å². The molecular formula is C60H86N10O11. The fourth-order valence-corrected chi connectivity index (χ4v) is 12.1. The van der Waals surface area contributed by atoms with Crippen molar-refractivity contribution in [1.29, 1.82) is 0 Å². The maximum atomic E-state index is 14.8. The quantitative estimate of drug-likeness (QED) is 0.182. The Morgan fingerprint density at radius 2 is 0.827 bits per heavy atom. The highest BCUT2D eigenvalue weighted by molar-refractivity contribution is 6.00. The average Bonchev–Trinajstić information content (AvgIpc) is 4.37. The third kappa shape index (κ3) is 14.9. The predicted molar refractivity (Wildman–Crippen MR) is 301 cm³/mol. The summed E-state index contributed by atoms with van der Waals surface area (Å²) in [6, 6.07) is 4.13. The van der Waals surface area contributed by atoms with Gasteiger partial charge in [0.1, 0.15) is 66.2 Å². The Morgan fingerprint density at radius 3 is 1.31 bits per heavy atom. The van der Waals surface area contributed by atoms with E-state index in [0.29, 0.717) is 62.5 Å². The molecule has 10 amide bonds. The lowest BCUT2D eigenvalue weighted by atomic mass is 9.96. The first-order chi connectivity index (χ1) is 38.6. The van der Waals surface area contributed by atoms with Crippen LogP contribution in [-0.2, 0) is 60.8 Å². The van der Waals surface area contributed by atoms with Crippen molar-refractivity contribution in [2.45, 2.75) is 193 Å². The normalized spacial score (nSPS) is 28.7. The van der Waals surface area contributed by atoms with Crippen LogP contribution in [0.3, 0.4) is 0 Å². The molecule has 81 heavy (non-hydrogen) atoms. The Balaban J connectivity index is 1.25. The molecule has 7 rings (SSSR count). The molecule has 442 valence electrons. The molecule has 5 saturated heterocycles. The van der Waals surface area contributed by atoms with Gasteiger partial charge in [0.2, 0.25) is 59.1 Å². The Bertz CT molecular complexity index is 2610. The van der Waals surface area contributed by atoms with Crippen LogP contribution in [-0.4, -0.2) is 170 Å². The van der Waals surface area contributed by atoms with E-state index in [2.05, 4.69) is 31.9 Å². The van der Waals surface area contributed by atoms with Crippen LogP contribution in [0, 0.1) is 23.7 Å². The summed E-state index contributed by atoms with van der Waals surface area (Å²) in [7, 11) is 0. The van der Waals surface area contributed by atoms with E-state index in [-0.39, 0.29) is 63.5 Å².